The maximum atomic E-state index is 12.7. The number of piperazine rings is 1. The van der Waals surface area contributed by atoms with Crippen molar-refractivity contribution in [3.05, 3.63) is 34.9 Å². The molecular formula is C15H21N3O2. The number of nitrogens with zero attached hydrogens (tertiary/aromatic N) is 2. The summed E-state index contributed by atoms with van der Waals surface area (Å²) in [7, 11) is 2.07. The van der Waals surface area contributed by atoms with E-state index in [9.17, 15) is 4.79 Å². The van der Waals surface area contributed by atoms with Crippen LogP contribution in [-0.2, 0) is 18.0 Å². The molecule has 3 rings (SSSR count). The summed E-state index contributed by atoms with van der Waals surface area (Å²) >= 11 is 0. The zero-order valence-corrected chi connectivity index (χ0v) is 11.8. The van der Waals surface area contributed by atoms with Crippen molar-refractivity contribution >= 4 is 5.91 Å². The molecule has 5 heteroatoms. The van der Waals surface area contributed by atoms with Gasteiger partial charge in [0.1, 0.15) is 0 Å². The molecule has 0 bridgehead atoms. The molecule has 1 unspecified atom stereocenters. The van der Waals surface area contributed by atoms with Crippen molar-refractivity contribution in [2.24, 2.45) is 5.73 Å². The van der Waals surface area contributed by atoms with E-state index in [1.54, 1.807) is 0 Å². The molecule has 1 aromatic carbocycles. The molecule has 2 heterocycles. The van der Waals surface area contributed by atoms with E-state index in [-0.39, 0.29) is 11.9 Å². The summed E-state index contributed by atoms with van der Waals surface area (Å²) in [6.07, 6.45) is 0. The summed E-state index contributed by atoms with van der Waals surface area (Å²) in [5.41, 5.74) is 8.89. The van der Waals surface area contributed by atoms with E-state index in [4.69, 9.17) is 10.5 Å². The van der Waals surface area contributed by atoms with Crippen LogP contribution in [-0.4, -0.2) is 55.0 Å². The summed E-state index contributed by atoms with van der Waals surface area (Å²) in [6, 6.07) is 5.98. The van der Waals surface area contributed by atoms with Gasteiger partial charge in [-0.3, -0.25) is 4.79 Å². The van der Waals surface area contributed by atoms with Gasteiger partial charge in [-0.2, -0.15) is 0 Å². The second-order valence-corrected chi connectivity index (χ2v) is 5.63. The molecule has 108 valence electrons. The van der Waals surface area contributed by atoms with Gasteiger partial charge in [0.2, 0.25) is 0 Å². The standard InChI is InChI=1S/C15H21N3O2/c1-17-4-5-18(14(7-16)8-17)15(19)11-2-3-12-9-20-10-13(12)6-11/h2-3,6,14H,4-5,7-10,16H2,1H3. The van der Waals surface area contributed by atoms with Gasteiger partial charge in [0.05, 0.1) is 19.3 Å². The van der Waals surface area contributed by atoms with Crippen molar-refractivity contribution in [3.8, 4) is 0 Å². The number of nitrogens with two attached hydrogens (primary N) is 1. The van der Waals surface area contributed by atoms with E-state index >= 15 is 0 Å². The highest BCUT2D eigenvalue weighted by Gasteiger charge is 2.29. The Morgan fingerprint density at radius 2 is 2.15 bits per heavy atom. The summed E-state index contributed by atoms with van der Waals surface area (Å²) in [5.74, 6) is 0.0863. The molecule has 1 fully saturated rings. The van der Waals surface area contributed by atoms with Crippen molar-refractivity contribution in [2.45, 2.75) is 19.3 Å². The highest BCUT2D eigenvalue weighted by Crippen LogP contribution is 2.22. The van der Waals surface area contributed by atoms with E-state index in [2.05, 4.69) is 11.9 Å². The molecule has 2 aliphatic rings. The van der Waals surface area contributed by atoms with Gasteiger partial charge in [-0.15, -0.1) is 0 Å². The lowest BCUT2D eigenvalue weighted by Gasteiger charge is -2.39. The number of benzene rings is 1. The average molecular weight is 275 g/mol. The van der Waals surface area contributed by atoms with Crippen LogP contribution in [0.5, 0.6) is 0 Å². The maximum absolute atomic E-state index is 12.7. The van der Waals surface area contributed by atoms with Crippen LogP contribution < -0.4 is 5.73 Å². The number of carbonyl (C=O) groups is 1. The number of hydrogen-bond acceptors (Lipinski definition) is 4. The van der Waals surface area contributed by atoms with Crippen molar-refractivity contribution in [3.63, 3.8) is 0 Å². The van der Waals surface area contributed by atoms with Gasteiger partial charge in [0.15, 0.2) is 0 Å². The number of likely N-dealkylation sites (N-methyl/N-ethyl adjacent to an activating group) is 1. The van der Waals surface area contributed by atoms with Crippen LogP contribution in [0.25, 0.3) is 0 Å². The van der Waals surface area contributed by atoms with Crippen LogP contribution in [0.3, 0.4) is 0 Å². The molecule has 5 nitrogen and oxygen atoms in total. The Hall–Kier alpha value is -1.43. The Labute approximate surface area is 119 Å². The molecule has 0 radical (unpaired) electrons. The smallest absolute Gasteiger partial charge is 0.254 e. The lowest BCUT2D eigenvalue weighted by Crippen LogP contribution is -2.56. The first-order chi connectivity index (χ1) is 9.69. The van der Waals surface area contributed by atoms with Crippen molar-refractivity contribution in [2.75, 3.05) is 33.2 Å². The third-order valence-corrected chi connectivity index (χ3v) is 4.19. The predicted octanol–water partition coefficient (Wildman–Crippen LogP) is 0.432. The van der Waals surface area contributed by atoms with Crippen LogP contribution in [0.2, 0.25) is 0 Å². The molecule has 1 amide bonds. The molecule has 1 saturated heterocycles. The normalized spacial score (nSPS) is 22.9. The summed E-state index contributed by atoms with van der Waals surface area (Å²) in [4.78, 5) is 16.8. The molecule has 1 aromatic rings. The van der Waals surface area contributed by atoms with Crippen LogP contribution >= 0.6 is 0 Å². The molecule has 0 spiro atoms. The Morgan fingerprint density at radius 3 is 2.95 bits per heavy atom. The van der Waals surface area contributed by atoms with E-state index < -0.39 is 0 Å². The summed E-state index contributed by atoms with van der Waals surface area (Å²) in [6.45, 7) is 4.25. The summed E-state index contributed by atoms with van der Waals surface area (Å²) < 4.78 is 5.40. The van der Waals surface area contributed by atoms with Gasteiger partial charge < -0.3 is 20.3 Å². The molecular weight excluding hydrogens is 254 g/mol. The fraction of sp³-hybridized carbons (Fsp3) is 0.533. The number of rotatable bonds is 2. The monoisotopic (exact) mass is 275 g/mol. The summed E-state index contributed by atoms with van der Waals surface area (Å²) in [5, 5.41) is 0. The molecule has 2 aliphatic heterocycles. The maximum Gasteiger partial charge on any atom is 0.254 e. The molecule has 1 atom stereocenters. The zero-order chi connectivity index (χ0) is 14.1. The zero-order valence-electron chi connectivity index (χ0n) is 11.8. The minimum Gasteiger partial charge on any atom is -0.372 e. The van der Waals surface area contributed by atoms with Gasteiger partial charge in [-0.05, 0) is 30.3 Å². The van der Waals surface area contributed by atoms with Gasteiger partial charge >= 0.3 is 0 Å². The number of amides is 1. The fourth-order valence-corrected chi connectivity index (χ4v) is 2.95. The molecule has 0 aliphatic carbocycles. The first-order valence-electron chi connectivity index (χ1n) is 7.08. The second kappa shape index (κ2) is 5.52. The second-order valence-electron chi connectivity index (χ2n) is 5.63. The number of hydrogen-bond donors (Lipinski definition) is 1. The van der Waals surface area contributed by atoms with Gasteiger partial charge in [0, 0.05) is 31.7 Å². The Balaban J connectivity index is 1.81. The lowest BCUT2D eigenvalue weighted by atomic mass is 10.0. The largest absolute Gasteiger partial charge is 0.372 e. The molecule has 2 N–H and O–H groups in total. The Morgan fingerprint density at radius 1 is 1.35 bits per heavy atom. The Bertz CT molecular complexity index is 518. The van der Waals surface area contributed by atoms with Gasteiger partial charge in [0.25, 0.3) is 5.91 Å². The highest BCUT2D eigenvalue weighted by atomic mass is 16.5. The topological polar surface area (TPSA) is 58.8 Å². The van der Waals surface area contributed by atoms with E-state index in [1.165, 1.54) is 5.56 Å². The van der Waals surface area contributed by atoms with E-state index in [1.807, 2.05) is 23.1 Å². The first-order valence-corrected chi connectivity index (χ1v) is 7.08. The van der Waals surface area contributed by atoms with E-state index in [0.29, 0.717) is 19.8 Å². The SMILES string of the molecule is CN1CCN(C(=O)c2ccc3c(c2)COC3)C(CN)C1. The number of carbonyl (C=O) groups excluding carboxylic acids is 1. The molecule has 0 saturated carbocycles. The predicted molar refractivity (Wildman–Crippen MR) is 76.3 cm³/mol. The highest BCUT2D eigenvalue weighted by molar-refractivity contribution is 5.94. The van der Waals surface area contributed by atoms with E-state index in [0.717, 1.165) is 30.8 Å². The van der Waals surface area contributed by atoms with Crippen molar-refractivity contribution in [1.82, 2.24) is 9.80 Å². The number of fused-ring (bicyclic) bond motifs is 1. The van der Waals surface area contributed by atoms with Crippen LogP contribution in [0.1, 0.15) is 21.5 Å². The van der Waals surface area contributed by atoms with Gasteiger partial charge in [-0.25, -0.2) is 0 Å². The molecule has 0 aromatic heterocycles. The quantitative estimate of drug-likeness (QED) is 0.850. The minimum atomic E-state index is 0.0863. The lowest BCUT2D eigenvalue weighted by molar-refractivity contribution is 0.0516. The van der Waals surface area contributed by atoms with Crippen molar-refractivity contribution < 1.29 is 9.53 Å². The number of ether oxygens (including phenoxy) is 1. The van der Waals surface area contributed by atoms with Crippen molar-refractivity contribution in [1.29, 1.82) is 0 Å². The fourth-order valence-electron chi connectivity index (χ4n) is 2.95. The average Bonchev–Trinajstić information content (AvgIpc) is 2.93. The van der Waals surface area contributed by atoms with Crippen LogP contribution in [0.15, 0.2) is 18.2 Å². The third-order valence-electron chi connectivity index (χ3n) is 4.19. The third kappa shape index (κ3) is 2.44. The molecule has 20 heavy (non-hydrogen) atoms. The minimum absolute atomic E-state index is 0.0863. The first kappa shape index (κ1) is 13.5. The van der Waals surface area contributed by atoms with Gasteiger partial charge in [-0.1, -0.05) is 6.07 Å². The Kier molecular flexibility index (Phi) is 3.74. The van der Waals surface area contributed by atoms with Crippen LogP contribution in [0.4, 0.5) is 0 Å². The van der Waals surface area contributed by atoms with Crippen LogP contribution in [0, 0.1) is 0 Å².